The molecule has 1 atom stereocenters. The standard InChI is InChI=1S/C20H22N2O5/c1-13-9-10-16(14(2)11-13)26-12-17(23)27-18(15-7-5-4-6-8-15)19(24)22-20(25)21-3/h4-11,18H,12H2,1-3H3,(H2,21,22,24,25)/t18-/m0/s1. The van der Waals surface area contributed by atoms with Gasteiger partial charge in [-0.25, -0.2) is 9.59 Å². The summed E-state index contributed by atoms with van der Waals surface area (Å²) in [6, 6.07) is 13.3. The van der Waals surface area contributed by atoms with E-state index in [4.69, 9.17) is 9.47 Å². The molecule has 2 aromatic carbocycles. The third-order valence-electron chi connectivity index (χ3n) is 3.73. The summed E-state index contributed by atoms with van der Waals surface area (Å²) < 4.78 is 10.8. The van der Waals surface area contributed by atoms with Gasteiger partial charge in [0.15, 0.2) is 6.61 Å². The lowest BCUT2D eigenvalue weighted by molar-refractivity contribution is -0.158. The fourth-order valence-corrected chi connectivity index (χ4v) is 2.40. The number of aryl methyl sites for hydroxylation is 2. The highest BCUT2D eigenvalue weighted by Gasteiger charge is 2.26. The first-order valence-electron chi connectivity index (χ1n) is 8.37. The Kier molecular flexibility index (Phi) is 6.93. The zero-order valence-corrected chi connectivity index (χ0v) is 15.4. The number of carbonyl (C=O) groups is 3. The summed E-state index contributed by atoms with van der Waals surface area (Å²) in [5, 5.41) is 4.39. The maximum absolute atomic E-state index is 12.3. The van der Waals surface area contributed by atoms with Gasteiger partial charge in [0.05, 0.1) is 0 Å². The summed E-state index contributed by atoms with van der Waals surface area (Å²) in [7, 11) is 1.38. The third kappa shape index (κ3) is 5.85. The number of hydrogen-bond donors (Lipinski definition) is 2. The van der Waals surface area contributed by atoms with Crippen molar-refractivity contribution in [3.63, 3.8) is 0 Å². The Morgan fingerprint density at radius 1 is 1.04 bits per heavy atom. The molecule has 0 saturated heterocycles. The third-order valence-corrected chi connectivity index (χ3v) is 3.73. The van der Waals surface area contributed by atoms with Gasteiger partial charge < -0.3 is 14.8 Å². The van der Waals surface area contributed by atoms with Gasteiger partial charge in [-0.15, -0.1) is 0 Å². The van der Waals surface area contributed by atoms with E-state index in [1.165, 1.54) is 7.05 Å². The van der Waals surface area contributed by atoms with Gasteiger partial charge in [-0.05, 0) is 25.5 Å². The van der Waals surface area contributed by atoms with Crippen LogP contribution in [0, 0.1) is 13.8 Å². The van der Waals surface area contributed by atoms with E-state index in [2.05, 4.69) is 10.6 Å². The average molecular weight is 370 g/mol. The van der Waals surface area contributed by atoms with Gasteiger partial charge in [-0.3, -0.25) is 10.1 Å². The number of nitrogens with one attached hydrogen (secondary N) is 2. The van der Waals surface area contributed by atoms with Gasteiger partial charge in [0, 0.05) is 12.6 Å². The van der Waals surface area contributed by atoms with Crippen LogP contribution in [-0.4, -0.2) is 31.6 Å². The van der Waals surface area contributed by atoms with Gasteiger partial charge in [0.25, 0.3) is 5.91 Å². The molecule has 0 aromatic heterocycles. The van der Waals surface area contributed by atoms with Crippen molar-refractivity contribution in [3.05, 3.63) is 65.2 Å². The molecule has 142 valence electrons. The summed E-state index contributed by atoms with van der Waals surface area (Å²) in [5.41, 5.74) is 2.41. The zero-order chi connectivity index (χ0) is 19.8. The highest BCUT2D eigenvalue weighted by atomic mass is 16.6. The van der Waals surface area contributed by atoms with Crippen LogP contribution < -0.4 is 15.4 Å². The molecule has 0 heterocycles. The molecule has 7 nitrogen and oxygen atoms in total. The molecular weight excluding hydrogens is 348 g/mol. The minimum atomic E-state index is -1.27. The molecule has 0 saturated carbocycles. The van der Waals surface area contributed by atoms with E-state index >= 15 is 0 Å². The first-order chi connectivity index (χ1) is 12.9. The van der Waals surface area contributed by atoms with Crippen LogP contribution in [0.2, 0.25) is 0 Å². The fraction of sp³-hybridized carbons (Fsp3) is 0.250. The Hall–Kier alpha value is -3.35. The van der Waals surface area contributed by atoms with Crippen molar-refractivity contribution in [2.75, 3.05) is 13.7 Å². The monoisotopic (exact) mass is 370 g/mol. The topological polar surface area (TPSA) is 93.7 Å². The van der Waals surface area contributed by atoms with E-state index in [0.29, 0.717) is 11.3 Å². The number of urea groups is 1. The summed E-state index contributed by atoms with van der Waals surface area (Å²) in [6.45, 7) is 3.47. The van der Waals surface area contributed by atoms with E-state index in [-0.39, 0.29) is 6.61 Å². The second kappa shape index (κ2) is 9.38. The molecule has 0 bridgehead atoms. The Balaban J connectivity index is 2.06. The first-order valence-corrected chi connectivity index (χ1v) is 8.37. The number of esters is 1. The van der Waals surface area contributed by atoms with E-state index in [9.17, 15) is 14.4 Å². The molecule has 0 unspecified atom stereocenters. The molecule has 2 aromatic rings. The van der Waals surface area contributed by atoms with Gasteiger partial charge >= 0.3 is 12.0 Å². The highest BCUT2D eigenvalue weighted by molar-refractivity contribution is 5.97. The number of benzene rings is 2. The second-order valence-corrected chi connectivity index (χ2v) is 5.91. The lowest BCUT2D eigenvalue weighted by Gasteiger charge is -2.18. The summed E-state index contributed by atoms with van der Waals surface area (Å²) in [5.74, 6) is -0.917. The quantitative estimate of drug-likeness (QED) is 0.762. The largest absolute Gasteiger partial charge is 0.482 e. The molecule has 0 spiro atoms. The number of rotatable bonds is 6. The smallest absolute Gasteiger partial charge is 0.345 e. The lowest BCUT2D eigenvalue weighted by Crippen LogP contribution is -2.41. The minimum Gasteiger partial charge on any atom is -0.482 e. The molecule has 2 N–H and O–H groups in total. The maximum atomic E-state index is 12.3. The predicted molar refractivity (Wildman–Crippen MR) is 99.3 cm³/mol. The number of hydrogen-bond acceptors (Lipinski definition) is 5. The number of imide groups is 1. The van der Waals surface area contributed by atoms with Gasteiger partial charge in [0.1, 0.15) is 5.75 Å². The maximum Gasteiger partial charge on any atom is 0.345 e. The van der Waals surface area contributed by atoms with Gasteiger partial charge in [-0.1, -0.05) is 48.0 Å². The average Bonchev–Trinajstić information content (AvgIpc) is 2.65. The van der Waals surface area contributed by atoms with Crippen LogP contribution in [-0.2, 0) is 14.3 Å². The molecular formula is C20H22N2O5. The van der Waals surface area contributed by atoms with E-state index < -0.39 is 24.0 Å². The van der Waals surface area contributed by atoms with Crippen molar-refractivity contribution in [2.45, 2.75) is 20.0 Å². The van der Waals surface area contributed by atoms with Crippen molar-refractivity contribution in [1.82, 2.24) is 10.6 Å². The van der Waals surface area contributed by atoms with Crippen LogP contribution in [0.25, 0.3) is 0 Å². The van der Waals surface area contributed by atoms with Crippen LogP contribution in [0.1, 0.15) is 22.8 Å². The molecule has 7 heteroatoms. The summed E-state index contributed by atoms with van der Waals surface area (Å²) in [4.78, 5) is 35.9. The molecule has 0 aliphatic carbocycles. The van der Waals surface area contributed by atoms with Crippen molar-refractivity contribution in [3.8, 4) is 5.75 Å². The van der Waals surface area contributed by atoms with Crippen LogP contribution in [0.3, 0.4) is 0 Å². The van der Waals surface area contributed by atoms with Crippen molar-refractivity contribution in [1.29, 1.82) is 0 Å². The zero-order valence-electron chi connectivity index (χ0n) is 15.4. The molecule has 2 rings (SSSR count). The van der Waals surface area contributed by atoms with E-state index in [0.717, 1.165) is 11.1 Å². The number of amides is 3. The van der Waals surface area contributed by atoms with Gasteiger partial charge in [0.2, 0.25) is 6.10 Å². The molecule has 0 aliphatic rings. The molecule has 0 radical (unpaired) electrons. The Morgan fingerprint density at radius 3 is 2.37 bits per heavy atom. The fourth-order valence-electron chi connectivity index (χ4n) is 2.40. The number of ether oxygens (including phenoxy) is 2. The Labute approximate surface area is 157 Å². The van der Waals surface area contributed by atoms with Crippen LogP contribution in [0.15, 0.2) is 48.5 Å². The van der Waals surface area contributed by atoms with Gasteiger partial charge in [-0.2, -0.15) is 0 Å². The SMILES string of the molecule is CNC(=O)NC(=O)[C@@H](OC(=O)COc1ccc(C)cc1C)c1ccccc1. The molecule has 0 aliphatic heterocycles. The van der Waals surface area contributed by atoms with E-state index in [1.807, 2.05) is 26.0 Å². The Morgan fingerprint density at radius 2 is 1.74 bits per heavy atom. The first kappa shape index (κ1) is 20.0. The summed E-state index contributed by atoms with van der Waals surface area (Å²) >= 11 is 0. The van der Waals surface area contributed by atoms with E-state index in [1.54, 1.807) is 36.4 Å². The highest BCUT2D eigenvalue weighted by Crippen LogP contribution is 2.20. The predicted octanol–water partition coefficient (Wildman–Crippen LogP) is 2.42. The van der Waals surface area contributed by atoms with Crippen LogP contribution in [0.5, 0.6) is 5.75 Å². The molecule has 0 fully saturated rings. The summed E-state index contributed by atoms with van der Waals surface area (Å²) in [6.07, 6.45) is -1.27. The molecule has 3 amide bonds. The lowest BCUT2D eigenvalue weighted by atomic mass is 10.1. The Bertz CT molecular complexity index is 820. The molecule has 27 heavy (non-hydrogen) atoms. The number of carbonyl (C=O) groups excluding carboxylic acids is 3. The van der Waals surface area contributed by atoms with Crippen molar-refractivity contribution < 1.29 is 23.9 Å². The van der Waals surface area contributed by atoms with Crippen molar-refractivity contribution >= 4 is 17.9 Å². The van der Waals surface area contributed by atoms with Crippen LogP contribution >= 0.6 is 0 Å². The van der Waals surface area contributed by atoms with Crippen molar-refractivity contribution in [2.24, 2.45) is 0 Å². The minimum absolute atomic E-state index is 0.361. The second-order valence-electron chi connectivity index (χ2n) is 5.91. The van der Waals surface area contributed by atoms with Crippen LogP contribution in [0.4, 0.5) is 4.79 Å². The normalized spacial score (nSPS) is 11.2.